The van der Waals surface area contributed by atoms with Crippen molar-refractivity contribution in [3.63, 3.8) is 0 Å². The van der Waals surface area contributed by atoms with E-state index in [-0.39, 0.29) is 23.4 Å². The summed E-state index contributed by atoms with van der Waals surface area (Å²) in [6, 6.07) is 4.86. The van der Waals surface area contributed by atoms with Crippen LogP contribution in [0.15, 0.2) is 35.6 Å². The van der Waals surface area contributed by atoms with E-state index in [1.54, 1.807) is 30.1 Å². The lowest BCUT2D eigenvalue weighted by Gasteiger charge is -2.16. The predicted octanol–water partition coefficient (Wildman–Crippen LogP) is 1.17. The molecule has 2 N–H and O–H groups in total. The molecule has 0 aliphatic carbocycles. The molecule has 1 aromatic carbocycles. The molecule has 26 heavy (non-hydrogen) atoms. The Bertz CT molecular complexity index is 923. The number of nitrogens with one attached hydrogen (secondary N) is 2. The maximum atomic E-state index is 14.4. The van der Waals surface area contributed by atoms with Crippen LogP contribution in [0.5, 0.6) is 0 Å². The Morgan fingerprint density at radius 3 is 2.85 bits per heavy atom. The van der Waals surface area contributed by atoms with E-state index in [1.807, 2.05) is 13.0 Å². The largest absolute Gasteiger partial charge is 0.353 e. The van der Waals surface area contributed by atoms with Crippen LogP contribution < -0.4 is 10.6 Å². The lowest BCUT2D eigenvalue weighted by atomic mass is 10.2. The Morgan fingerprint density at radius 2 is 2.27 bits per heavy atom. The van der Waals surface area contributed by atoms with Gasteiger partial charge in [-0.25, -0.2) is 17.8 Å². The third-order valence-corrected chi connectivity index (χ3v) is 6.12. The molecule has 3 rings (SSSR count). The van der Waals surface area contributed by atoms with E-state index < -0.39 is 9.84 Å². The maximum absolute atomic E-state index is 14.4. The van der Waals surface area contributed by atoms with Crippen LogP contribution in [0.4, 0.5) is 4.39 Å². The molecule has 0 spiro atoms. The maximum Gasteiger partial charge on any atom is 0.191 e. The van der Waals surface area contributed by atoms with E-state index in [9.17, 15) is 12.8 Å². The Kier molecular flexibility index (Phi) is 5.26. The van der Waals surface area contributed by atoms with Crippen molar-refractivity contribution in [1.82, 2.24) is 20.2 Å². The van der Waals surface area contributed by atoms with E-state index in [4.69, 9.17) is 0 Å². The number of hydrogen-bond donors (Lipinski definition) is 2. The minimum Gasteiger partial charge on any atom is -0.353 e. The molecule has 0 bridgehead atoms. The Labute approximate surface area is 152 Å². The number of hydrogen-bond acceptors (Lipinski definition) is 4. The molecule has 7 nitrogen and oxygen atoms in total. The van der Waals surface area contributed by atoms with Gasteiger partial charge in [0.2, 0.25) is 0 Å². The van der Waals surface area contributed by atoms with Gasteiger partial charge in [-0.05, 0) is 31.0 Å². The topological polar surface area (TPSA) is 88.4 Å². The lowest BCUT2D eigenvalue weighted by molar-refractivity contribution is 0.599. The minimum absolute atomic E-state index is 0.112. The molecule has 1 atom stereocenters. The first-order chi connectivity index (χ1) is 12.4. The van der Waals surface area contributed by atoms with Gasteiger partial charge in [-0.15, -0.1) is 0 Å². The van der Waals surface area contributed by atoms with Crippen LogP contribution in [0.3, 0.4) is 0 Å². The molecule has 2 aromatic rings. The number of rotatable bonds is 4. The summed E-state index contributed by atoms with van der Waals surface area (Å²) in [7, 11) is -1.34. The van der Waals surface area contributed by atoms with E-state index >= 15 is 0 Å². The van der Waals surface area contributed by atoms with Crippen LogP contribution in [0.2, 0.25) is 0 Å². The highest BCUT2D eigenvalue weighted by Crippen LogP contribution is 2.17. The zero-order chi connectivity index (χ0) is 18.7. The number of guanidine groups is 1. The minimum atomic E-state index is -2.95. The molecule has 1 unspecified atom stereocenters. The highest BCUT2D eigenvalue weighted by Gasteiger charge is 2.28. The summed E-state index contributed by atoms with van der Waals surface area (Å²) in [5.41, 5.74) is 1.20. The van der Waals surface area contributed by atoms with Crippen molar-refractivity contribution in [3.8, 4) is 5.69 Å². The predicted molar refractivity (Wildman–Crippen MR) is 98.7 cm³/mol. The molecule has 0 saturated carbocycles. The third kappa shape index (κ3) is 4.21. The number of sulfone groups is 1. The first kappa shape index (κ1) is 18.4. The second-order valence-corrected chi connectivity index (χ2v) is 8.53. The van der Waals surface area contributed by atoms with Crippen LogP contribution in [0.1, 0.15) is 17.8 Å². The SMILES string of the molecule is CN=C(NCc1ccc(-n2ccnc2C)c(F)c1)NC1CCS(=O)(=O)C1. The van der Waals surface area contributed by atoms with Gasteiger partial charge in [-0.3, -0.25) is 4.99 Å². The van der Waals surface area contributed by atoms with Crippen molar-refractivity contribution < 1.29 is 12.8 Å². The Hall–Kier alpha value is -2.42. The van der Waals surface area contributed by atoms with Crippen molar-refractivity contribution in [3.05, 3.63) is 47.8 Å². The Balaban J connectivity index is 1.62. The van der Waals surface area contributed by atoms with Gasteiger partial charge in [0.1, 0.15) is 11.6 Å². The number of aliphatic imine (C=N–C) groups is 1. The fourth-order valence-corrected chi connectivity index (χ4v) is 4.64. The molecule has 1 fully saturated rings. The quantitative estimate of drug-likeness (QED) is 0.615. The number of imidazole rings is 1. The molecule has 1 aliphatic heterocycles. The molecular formula is C17H22FN5O2S. The monoisotopic (exact) mass is 379 g/mol. The van der Waals surface area contributed by atoms with E-state index in [2.05, 4.69) is 20.6 Å². The fourth-order valence-electron chi connectivity index (χ4n) is 2.97. The van der Waals surface area contributed by atoms with Gasteiger partial charge in [0.05, 0.1) is 17.2 Å². The normalized spacial score (nSPS) is 19.5. The van der Waals surface area contributed by atoms with Crippen molar-refractivity contribution in [2.24, 2.45) is 4.99 Å². The standard InChI is InChI=1S/C17H22FN5O2S/c1-12-20-6-7-23(12)16-4-3-13(9-15(16)18)10-21-17(19-2)22-14-5-8-26(24,25)11-14/h3-4,6-7,9,14H,5,8,10-11H2,1-2H3,(H2,19,21,22). The van der Waals surface area contributed by atoms with Gasteiger partial charge < -0.3 is 15.2 Å². The highest BCUT2D eigenvalue weighted by atomic mass is 32.2. The molecule has 1 aromatic heterocycles. The number of halogens is 1. The van der Waals surface area contributed by atoms with Gasteiger partial charge in [-0.2, -0.15) is 0 Å². The van der Waals surface area contributed by atoms with Gasteiger partial charge >= 0.3 is 0 Å². The summed E-state index contributed by atoms with van der Waals surface area (Å²) >= 11 is 0. The van der Waals surface area contributed by atoms with Crippen molar-refractivity contribution in [2.45, 2.75) is 25.9 Å². The fraction of sp³-hybridized carbons (Fsp3) is 0.412. The molecule has 0 radical (unpaired) electrons. The number of aromatic nitrogens is 2. The van der Waals surface area contributed by atoms with E-state index in [0.717, 1.165) is 5.56 Å². The summed E-state index contributed by atoms with van der Waals surface area (Å²) < 4.78 is 39.2. The molecule has 1 aliphatic rings. The molecule has 9 heteroatoms. The van der Waals surface area contributed by atoms with Crippen LogP contribution in [0, 0.1) is 12.7 Å². The molecular weight excluding hydrogens is 357 g/mol. The van der Waals surface area contributed by atoms with Gasteiger partial charge in [0.15, 0.2) is 15.8 Å². The Morgan fingerprint density at radius 1 is 1.46 bits per heavy atom. The van der Waals surface area contributed by atoms with Crippen LogP contribution in [-0.2, 0) is 16.4 Å². The average molecular weight is 379 g/mol. The molecule has 1 saturated heterocycles. The number of aryl methyl sites for hydroxylation is 1. The van der Waals surface area contributed by atoms with Crippen molar-refractivity contribution in [1.29, 1.82) is 0 Å². The van der Waals surface area contributed by atoms with Crippen molar-refractivity contribution >= 4 is 15.8 Å². The first-order valence-corrected chi connectivity index (χ1v) is 10.2. The van der Waals surface area contributed by atoms with E-state index in [1.165, 1.54) is 6.07 Å². The number of nitrogens with zero attached hydrogens (tertiary/aromatic N) is 3. The van der Waals surface area contributed by atoms with Crippen LogP contribution >= 0.6 is 0 Å². The molecule has 2 heterocycles. The average Bonchev–Trinajstić information content (AvgIpc) is 3.16. The second kappa shape index (κ2) is 7.45. The summed E-state index contributed by atoms with van der Waals surface area (Å²) in [4.78, 5) is 8.20. The molecule has 140 valence electrons. The van der Waals surface area contributed by atoms with Crippen LogP contribution in [0.25, 0.3) is 5.69 Å². The number of benzene rings is 1. The van der Waals surface area contributed by atoms with E-state index in [0.29, 0.717) is 30.4 Å². The summed E-state index contributed by atoms with van der Waals surface area (Å²) in [5.74, 6) is 1.19. The summed E-state index contributed by atoms with van der Waals surface area (Å²) in [6.07, 6.45) is 3.91. The lowest BCUT2D eigenvalue weighted by Crippen LogP contribution is -2.43. The van der Waals surface area contributed by atoms with Gasteiger partial charge in [0.25, 0.3) is 0 Å². The second-order valence-electron chi connectivity index (χ2n) is 6.30. The summed E-state index contributed by atoms with van der Waals surface area (Å²) in [6.45, 7) is 2.19. The first-order valence-electron chi connectivity index (χ1n) is 8.34. The smallest absolute Gasteiger partial charge is 0.191 e. The summed E-state index contributed by atoms with van der Waals surface area (Å²) in [5, 5.41) is 6.19. The van der Waals surface area contributed by atoms with Gasteiger partial charge in [-0.1, -0.05) is 6.07 Å². The van der Waals surface area contributed by atoms with Crippen molar-refractivity contribution in [2.75, 3.05) is 18.6 Å². The molecule has 0 amide bonds. The zero-order valence-corrected chi connectivity index (χ0v) is 15.6. The highest BCUT2D eigenvalue weighted by molar-refractivity contribution is 7.91. The van der Waals surface area contributed by atoms with Gasteiger partial charge in [0, 0.05) is 32.0 Å². The van der Waals surface area contributed by atoms with Crippen LogP contribution in [-0.4, -0.2) is 48.5 Å². The third-order valence-electron chi connectivity index (χ3n) is 4.35. The zero-order valence-electron chi connectivity index (χ0n) is 14.7.